The fourth-order valence-electron chi connectivity index (χ4n) is 1.54. The molecule has 0 atom stereocenters. The molecule has 1 aromatic carbocycles. The first-order valence-corrected chi connectivity index (χ1v) is 5.96. The highest BCUT2D eigenvalue weighted by Crippen LogP contribution is 2.22. The van der Waals surface area contributed by atoms with Gasteiger partial charge in [0.2, 0.25) is 0 Å². The lowest BCUT2D eigenvalue weighted by Gasteiger charge is -2.18. The van der Waals surface area contributed by atoms with E-state index in [1.54, 1.807) is 0 Å². The zero-order valence-electron chi connectivity index (χ0n) is 10.9. The number of rotatable bonds is 4. The van der Waals surface area contributed by atoms with Crippen LogP contribution in [-0.4, -0.2) is 13.6 Å². The molecular weight excluding hydrogens is 194 g/mol. The minimum atomic E-state index is 0.244. The van der Waals surface area contributed by atoms with Crippen molar-refractivity contribution < 1.29 is 0 Å². The summed E-state index contributed by atoms with van der Waals surface area (Å²) in [5, 5.41) is 3.13. The van der Waals surface area contributed by atoms with Crippen molar-refractivity contribution in [2.75, 3.05) is 13.6 Å². The predicted molar refractivity (Wildman–Crippen MR) is 72.7 cm³/mol. The Kier molecular flexibility index (Phi) is 4.75. The molecule has 0 saturated heterocycles. The Morgan fingerprint density at radius 3 is 2.25 bits per heavy atom. The van der Waals surface area contributed by atoms with Crippen LogP contribution >= 0.6 is 0 Å². The van der Waals surface area contributed by atoms with Crippen LogP contribution in [0.5, 0.6) is 0 Å². The smallest absolute Gasteiger partial charge is 0.00172 e. The Hall–Kier alpha value is -1.08. The van der Waals surface area contributed by atoms with Crippen molar-refractivity contribution in [3.8, 4) is 0 Å². The lowest BCUT2D eigenvalue weighted by molar-refractivity contribution is 0.590. The maximum absolute atomic E-state index is 3.13. The molecule has 0 bridgehead atoms. The zero-order chi connectivity index (χ0) is 12.0. The molecule has 0 saturated carbocycles. The fraction of sp³-hybridized carbons (Fsp3) is 0.467. The molecule has 0 radical (unpaired) electrons. The lowest BCUT2D eigenvalue weighted by Crippen LogP contribution is -2.10. The minimum absolute atomic E-state index is 0.244. The third-order valence-electron chi connectivity index (χ3n) is 2.65. The molecule has 1 heteroatoms. The van der Waals surface area contributed by atoms with Gasteiger partial charge >= 0.3 is 0 Å². The van der Waals surface area contributed by atoms with Gasteiger partial charge in [-0.05, 0) is 36.6 Å². The Bertz CT molecular complexity index is 327. The topological polar surface area (TPSA) is 12.0 Å². The van der Waals surface area contributed by atoms with E-state index in [1.165, 1.54) is 11.1 Å². The van der Waals surface area contributed by atoms with Gasteiger partial charge in [0, 0.05) is 0 Å². The van der Waals surface area contributed by atoms with E-state index in [2.05, 4.69) is 62.5 Å². The molecule has 1 N–H and O–H groups in total. The standard InChI is InChI=1S/C15H23N/c1-15(2,3)14-10-8-13(9-11-14)7-5-6-12-16-4/h5,7-11,16H,6,12H2,1-4H3. The van der Waals surface area contributed by atoms with E-state index >= 15 is 0 Å². The summed E-state index contributed by atoms with van der Waals surface area (Å²) in [4.78, 5) is 0. The third kappa shape index (κ3) is 4.19. The summed E-state index contributed by atoms with van der Waals surface area (Å²) in [5.41, 5.74) is 2.91. The van der Waals surface area contributed by atoms with E-state index in [4.69, 9.17) is 0 Å². The highest BCUT2D eigenvalue weighted by Gasteiger charge is 2.12. The molecule has 0 aliphatic heterocycles. The average molecular weight is 217 g/mol. The molecule has 1 rings (SSSR count). The van der Waals surface area contributed by atoms with E-state index in [1.807, 2.05) is 7.05 Å². The first kappa shape index (κ1) is 13.0. The summed E-state index contributed by atoms with van der Waals surface area (Å²) in [6.07, 6.45) is 5.48. The van der Waals surface area contributed by atoms with Crippen molar-refractivity contribution in [2.24, 2.45) is 0 Å². The summed E-state index contributed by atoms with van der Waals surface area (Å²) < 4.78 is 0. The van der Waals surface area contributed by atoms with Gasteiger partial charge in [0.1, 0.15) is 0 Å². The molecule has 1 aromatic rings. The van der Waals surface area contributed by atoms with Crippen molar-refractivity contribution >= 4 is 6.08 Å². The van der Waals surface area contributed by atoms with Crippen LogP contribution in [0.25, 0.3) is 6.08 Å². The second-order valence-electron chi connectivity index (χ2n) is 5.17. The van der Waals surface area contributed by atoms with Crippen LogP contribution in [-0.2, 0) is 5.41 Å². The predicted octanol–water partition coefficient (Wildman–Crippen LogP) is 3.61. The molecule has 16 heavy (non-hydrogen) atoms. The molecular formula is C15H23N. The first-order chi connectivity index (χ1) is 7.54. The second-order valence-corrected chi connectivity index (χ2v) is 5.17. The Morgan fingerprint density at radius 1 is 1.12 bits per heavy atom. The van der Waals surface area contributed by atoms with Gasteiger partial charge in [0.05, 0.1) is 0 Å². The van der Waals surface area contributed by atoms with E-state index in [9.17, 15) is 0 Å². The van der Waals surface area contributed by atoms with Crippen molar-refractivity contribution in [3.05, 3.63) is 41.5 Å². The Balaban J connectivity index is 2.61. The van der Waals surface area contributed by atoms with Crippen molar-refractivity contribution in [2.45, 2.75) is 32.6 Å². The van der Waals surface area contributed by atoms with E-state index in [0.29, 0.717) is 0 Å². The minimum Gasteiger partial charge on any atom is -0.319 e. The van der Waals surface area contributed by atoms with Crippen LogP contribution in [0.3, 0.4) is 0 Å². The molecule has 88 valence electrons. The number of hydrogen-bond acceptors (Lipinski definition) is 1. The van der Waals surface area contributed by atoms with Crippen LogP contribution in [0.1, 0.15) is 38.3 Å². The van der Waals surface area contributed by atoms with Gasteiger partial charge in [0.25, 0.3) is 0 Å². The number of hydrogen-bond donors (Lipinski definition) is 1. The normalized spacial score (nSPS) is 12.2. The maximum Gasteiger partial charge on any atom is -0.00172 e. The molecule has 0 aliphatic carbocycles. The zero-order valence-corrected chi connectivity index (χ0v) is 10.9. The summed E-state index contributed by atoms with van der Waals surface area (Å²) in [7, 11) is 1.98. The molecule has 1 nitrogen and oxygen atoms in total. The summed E-state index contributed by atoms with van der Waals surface area (Å²) >= 11 is 0. The summed E-state index contributed by atoms with van der Waals surface area (Å²) in [5.74, 6) is 0. The maximum atomic E-state index is 3.13. The molecule has 0 spiro atoms. The quantitative estimate of drug-likeness (QED) is 0.760. The molecule has 0 aliphatic rings. The van der Waals surface area contributed by atoms with Crippen LogP contribution in [0.15, 0.2) is 30.3 Å². The summed E-state index contributed by atoms with van der Waals surface area (Å²) in [6.45, 7) is 7.76. The monoisotopic (exact) mass is 217 g/mol. The second kappa shape index (κ2) is 5.86. The van der Waals surface area contributed by atoms with Gasteiger partial charge in [-0.2, -0.15) is 0 Å². The fourth-order valence-corrected chi connectivity index (χ4v) is 1.54. The third-order valence-corrected chi connectivity index (χ3v) is 2.65. The van der Waals surface area contributed by atoms with Crippen LogP contribution in [0.4, 0.5) is 0 Å². The van der Waals surface area contributed by atoms with E-state index in [0.717, 1.165) is 13.0 Å². The van der Waals surface area contributed by atoms with Gasteiger partial charge in [-0.3, -0.25) is 0 Å². The van der Waals surface area contributed by atoms with Gasteiger partial charge in [0.15, 0.2) is 0 Å². The average Bonchev–Trinajstić information content (AvgIpc) is 2.24. The largest absolute Gasteiger partial charge is 0.319 e. The molecule has 0 amide bonds. The molecule has 0 aromatic heterocycles. The van der Waals surface area contributed by atoms with Gasteiger partial charge in [-0.25, -0.2) is 0 Å². The first-order valence-electron chi connectivity index (χ1n) is 5.96. The van der Waals surface area contributed by atoms with Crippen molar-refractivity contribution in [1.29, 1.82) is 0 Å². The highest BCUT2D eigenvalue weighted by molar-refractivity contribution is 5.50. The molecule has 0 unspecified atom stereocenters. The van der Waals surface area contributed by atoms with Crippen LogP contribution < -0.4 is 5.32 Å². The van der Waals surface area contributed by atoms with Crippen LogP contribution in [0.2, 0.25) is 0 Å². The molecule has 0 fully saturated rings. The van der Waals surface area contributed by atoms with Crippen molar-refractivity contribution in [1.82, 2.24) is 5.32 Å². The van der Waals surface area contributed by atoms with Gasteiger partial charge < -0.3 is 5.32 Å². The van der Waals surface area contributed by atoms with Crippen LogP contribution in [0, 0.1) is 0 Å². The number of nitrogens with one attached hydrogen (secondary N) is 1. The SMILES string of the molecule is CNCCC=Cc1ccc(C(C)(C)C)cc1. The molecule has 0 heterocycles. The van der Waals surface area contributed by atoms with Crippen molar-refractivity contribution in [3.63, 3.8) is 0 Å². The van der Waals surface area contributed by atoms with E-state index < -0.39 is 0 Å². The lowest BCUT2D eigenvalue weighted by atomic mass is 9.87. The van der Waals surface area contributed by atoms with Gasteiger partial charge in [-0.1, -0.05) is 57.2 Å². The Morgan fingerprint density at radius 2 is 1.75 bits per heavy atom. The van der Waals surface area contributed by atoms with Gasteiger partial charge in [-0.15, -0.1) is 0 Å². The van der Waals surface area contributed by atoms with E-state index in [-0.39, 0.29) is 5.41 Å². The number of benzene rings is 1. The summed E-state index contributed by atoms with van der Waals surface area (Å²) in [6, 6.07) is 8.82. The highest BCUT2D eigenvalue weighted by atomic mass is 14.8. The Labute approximate surface area is 99.6 Å².